The summed E-state index contributed by atoms with van der Waals surface area (Å²) in [4.78, 5) is 0. The number of aliphatic hydroxyl groups is 1. The average Bonchev–Trinajstić information content (AvgIpc) is 2.42. The van der Waals surface area contributed by atoms with Gasteiger partial charge in [0.2, 0.25) is 0 Å². The van der Waals surface area contributed by atoms with Crippen molar-refractivity contribution < 1.29 is 19.0 Å². The maximum absolute atomic E-state index is 13.8. The molecule has 1 N–H and O–H groups in total. The highest BCUT2D eigenvalue weighted by Gasteiger charge is 2.39. The van der Waals surface area contributed by atoms with Crippen molar-refractivity contribution in [2.75, 3.05) is 20.3 Å². The summed E-state index contributed by atoms with van der Waals surface area (Å²) in [5.41, 5.74) is -0.128. The van der Waals surface area contributed by atoms with Crippen LogP contribution in [0.1, 0.15) is 18.4 Å². The molecule has 0 radical (unpaired) electrons. The Balaban J connectivity index is 2.12. The standard InChI is InChI=1S/C14H18BrFO3/c1-18-14(4-6-19-7-5-14)13(17)8-10-2-3-11(15)9-12(10)16/h2-3,9,13,17H,4-8H2,1H3. The van der Waals surface area contributed by atoms with E-state index in [0.717, 1.165) is 0 Å². The predicted octanol–water partition coefficient (Wildman–Crippen LogP) is 2.69. The highest BCUT2D eigenvalue weighted by Crippen LogP contribution is 2.30. The maximum Gasteiger partial charge on any atom is 0.127 e. The van der Waals surface area contributed by atoms with Gasteiger partial charge in [0.05, 0.1) is 11.7 Å². The highest BCUT2D eigenvalue weighted by molar-refractivity contribution is 9.10. The predicted molar refractivity (Wildman–Crippen MR) is 73.6 cm³/mol. The van der Waals surface area contributed by atoms with Gasteiger partial charge in [0.25, 0.3) is 0 Å². The van der Waals surface area contributed by atoms with E-state index in [0.29, 0.717) is 36.1 Å². The second-order valence-corrected chi connectivity index (χ2v) is 5.75. The first-order valence-corrected chi connectivity index (χ1v) is 7.11. The Labute approximate surface area is 120 Å². The largest absolute Gasteiger partial charge is 0.390 e. The zero-order chi connectivity index (χ0) is 13.9. The summed E-state index contributed by atoms with van der Waals surface area (Å²) in [6.45, 7) is 1.13. The van der Waals surface area contributed by atoms with Gasteiger partial charge < -0.3 is 14.6 Å². The van der Waals surface area contributed by atoms with Gasteiger partial charge in [-0.2, -0.15) is 0 Å². The molecule has 1 aromatic rings. The molecule has 0 saturated carbocycles. The lowest BCUT2D eigenvalue weighted by Crippen LogP contribution is -2.49. The molecule has 1 aliphatic heterocycles. The monoisotopic (exact) mass is 332 g/mol. The molecule has 1 atom stereocenters. The summed E-state index contributed by atoms with van der Waals surface area (Å²) in [6, 6.07) is 4.87. The second-order valence-electron chi connectivity index (χ2n) is 4.84. The van der Waals surface area contributed by atoms with Crippen LogP contribution in [0.3, 0.4) is 0 Å². The van der Waals surface area contributed by atoms with E-state index >= 15 is 0 Å². The molecule has 1 fully saturated rings. The molecular weight excluding hydrogens is 315 g/mol. The van der Waals surface area contributed by atoms with Crippen molar-refractivity contribution in [3.63, 3.8) is 0 Å². The lowest BCUT2D eigenvalue weighted by atomic mass is 9.84. The van der Waals surface area contributed by atoms with Gasteiger partial charge in [-0.3, -0.25) is 0 Å². The molecule has 106 valence electrons. The fourth-order valence-electron chi connectivity index (χ4n) is 2.47. The van der Waals surface area contributed by atoms with Crippen LogP contribution in [0.5, 0.6) is 0 Å². The van der Waals surface area contributed by atoms with Crippen LogP contribution in [-0.2, 0) is 15.9 Å². The van der Waals surface area contributed by atoms with Gasteiger partial charge in [0.1, 0.15) is 5.82 Å². The van der Waals surface area contributed by atoms with E-state index < -0.39 is 11.7 Å². The van der Waals surface area contributed by atoms with Crippen molar-refractivity contribution in [2.45, 2.75) is 31.0 Å². The number of ether oxygens (including phenoxy) is 2. The molecule has 0 spiro atoms. The van der Waals surface area contributed by atoms with Crippen LogP contribution in [0.2, 0.25) is 0 Å². The number of hydrogen-bond donors (Lipinski definition) is 1. The van der Waals surface area contributed by atoms with Crippen LogP contribution in [-0.4, -0.2) is 37.1 Å². The zero-order valence-electron chi connectivity index (χ0n) is 10.9. The second kappa shape index (κ2) is 6.31. The third-order valence-electron chi connectivity index (χ3n) is 3.78. The molecule has 1 unspecified atom stereocenters. The van der Waals surface area contributed by atoms with E-state index in [2.05, 4.69) is 15.9 Å². The zero-order valence-corrected chi connectivity index (χ0v) is 12.5. The number of benzene rings is 1. The summed E-state index contributed by atoms with van der Waals surface area (Å²) >= 11 is 3.22. The normalized spacial score (nSPS) is 20.2. The lowest BCUT2D eigenvalue weighted by molar-refractivity contribution is -0.151. The van der Waals surface area contributed by atoms with E-state index in [1.54, 1.807) is 19.2 Å². The van der Waals surface area contributed by atoms with Crippen molar-refractivity contribution in [1.82, 2.24) is 0 Å². The molecule has 5 heteroatoms. The minimum absolute atomic E-state index is 0.243. The summed E-state index contributed by atoms with van der Waals surface area (Å²) in [5, 5.41) is 10.4. The van der Waals surface area contributed by atoms with Crippen LogP contribution < -0.4 is 0 Å². The number of rotatable bonds is 4. The molecule has 1 saturated heterocycles. The van der Waals surface area contributed by atoms with E-state index in [1.807, 2.05) is 0 Å². The van der Waals surface area contributed by atoms with Crippen molar-refractivity contribution in [3.05, 3.63) is 34.1 Å². The highest BCUT2D eigenvalue weighted by atomic mass is 79.9. The molecule has 3 nitrogen and oxygen atoms in total. The summed E-state index contributed by atoms with van der Waals surface area (Å²) in [6.07, 6.45) is 0.760. The van der Waals surface area contributed by atoms with Gasteiger partial charge in [-0.25, -0.2) is 4.39 Å². The van der Waals surface area contributed by atoms with Crippen LogP contribution in [0.4, 0.5) is 4.39 Å². The molecular formula is C14H18BrFO3. The third-order valence-corrected chi connectivity index (χ3v) is 4.27. The lowest BCUT2D eigenvalue weighted by Gasteiger charge is -2.39. The molecule has 1 aliphatic rings. The van der Waals surface area contributed by atoms with Crippen molar-refractivity contribution in [1.29, 1.82) is 0 Å². The SMILES string of the molecule is COC1(C(O)Cc2ccc(Br)cc2F)CCOCC1. The van der Waals surface area contributed by atoms with Crippen molar-refractivity contribution >= 4 is 15.9 Å². The number of methoxy groups -OCH3 is 1. The minimum atomic E-state index is -0.739. The number of halogens is 2. The Hall–Kier alpha value is -0.490. The van der Waals surface area contributed by atoms with E-state index in [9.17, 15) is 9.50 Å². The van der Waals surface area contributed by atoms with Crippen molar-refractivity contribution in [2.24, 2.45) is 0 Å². The van der Waals surface area contributed by atoms with Crippen LogP contribution in [0.15, 0.2) is 22.7 Å². The maximum atomic E-state index is 13.8. The Kier molecular flexibility index (Phi) is 4.95. The minimum Gasteiger partial charge on any atom is -0.390 e. The van der Waals surface area contributed by atoms with E-state index in [-0.39, 0.29) is 12.2 Å². The van der Waals surface area contributed by atoms with E-state index in [1.165, 1.54) is 6.07 Å². The Morgan fingerprint density at radius 2 is 2.16 bits per heavy atom. The van der Waals surface area contributed by atoms with Gasteiger partial charge in [-0.05, 0) is 17.7 Å². The Morgan fingerprint density at radius 3 is 2.74 bits per heavy atom. The van der Waals surface area contributed by atoms with Gasteiger partial charge in [-0.15, -0.1) is 0 Å². The van der Waals surface area contributed by atoms with Crippen LogP contribution >= 0.6 is 15.9 Å². The molecule has 19 heavy (non-hydrogen) atoms. The molecule has 0 aromatic heterocycles. The smallest absolute Gasteiger partial charge is 0.127 e. The molecule has 2 rings (SSSR count). The summed E-state index contributed by atoms with van der Waals surface area (Å²) < 4.78 is 25.3. The molecule has 1 aromatic carbocycles. The summed E-state index contributed by atoms with van der Waals surface area (Å²) in [7, 11) is 1.59. The van der Waals surface area contributed by atoms with Gasteiger partial charge in [0.15, 0.2) is 0 Å². The molecule has 1 heterocycles. The molecule has 0 amide bonds. The first-order valence-electron chi connectivity index (χ1n) is 6.32. The Bertz CT molecular complexity index is 433. The Morgan fingerprint density at radius 1 is 1.47 bits per heavy atom. The van der Waals surface area contributed by atoms with Gasteiger partial charge in [-0.1, -0.05) is 22.0 Å². The summed E-state index contributed by atoms with van der Waals surface area (Å²) in [5.74, 6) is -0.313. The fraction of sp³-hybridized carbons (Fsp3) is 0.571. The first kappa shape index (κ1) is 14.9. The first-order chi connectivity index (χ1) is 9.07. The number of hydrogen-bond acceptors (Lipinski definition) is 3. The molecule has 0 bridgehead atoms. The van der Waals surface area contributed by atoms with Gasteiger partial charge in [0, 0.05) is 44.1 Å². The molecule has 0 aliphatic carbocycles. The van der Waals surface area contributed by atoms with E-state index in [4.69, 9.17) is 9.47 Å². The fourth-order valence-corrected chi connectivity index (χ4v) is 2.80. The quantitative estimate of drug-likeness (QED) is 0.921. The van der Waals surface area contributed by atoms with Crippen LogP contribution in [0.25, 0.3) is 0 Å². The topological polar surface area (TPSA) is 38.7 Å². The average molecular weight is 333 g/mol. The van der Waals surface area contributed by atoms with Crippen molar-refractivity contribution in [3.8, 4) is 0 Å². The number of aliphatic hydroxyl groups excluding tert-OH is 1. The van der Waals surface area contributed by atoms with Crippen LogP contribution in [0, 0.1) is 5.82 Å². The van der Waals surface area contributed by atoms with Gasteiger partial charge >= 0.3 is 0 Å². The third kappa shape index (κ3) is 3.34.